The lowest BCUT2D eigenvalue weighted by molar-refractivity contribution is -0.310. The molecule has 2 rings (SSSR count). The van der Waals surface area contributed by atoms with Gasteiger partial charge in [0.15, 0.2) is 0 Å². The van der Waals surface area contributed by atoms with E-state index in [9.17, 15) is 14.7 Å². The van der Waals surface area contributed by atoms with E-state index in [2.05, 4.69) is 0 Å². The van der Waals surface area contributed by atoms with Crippen LogP contribution in [0.5, 0.6) is 0 Å². The Morgan fingerprint density at radius 1 is 1.21 bits per heavy atom. The molecule has 0 aromatic carbocycles. The van der Waals surface area contributed by atoms with E-state index in [4.69, 9.17) is 4.74 Å². The minimum Gasteiger partial charge on any atom is -0.548 e. The number of nitrogens with zero attached hydrogens (tertiary/aromatic N) is 1. The third-order valence-electron chi connectivity index (χ3n) is 3.96. The van der Waals surface area contributed by atoms with E-state index in [1.165, 1.54) is 4.90 Å². The third kappa shape index (κ3) is 3.01. The zero-order valence-electron chi connectivity index (χ0n) is 11.8. The number of carbonyl (C=O) groups is 2. The molecule has 1 saturated carbocycles. The van der Waals surface area contributed by atoms with Crippen LogP contribution in [-0.2, 0) is 9.53 Å². The summed E-state index contributed by atoms with van der Waals surface area (Å²) in [6.07, 6.45) is 4.01. The molecule has 0 aromatic heterocycles. The fraction of sp³-hybridized carbons (Fsp3) is 0.857. The van der Waals surface area contributed by atoms with Gasteiger partial charge in [-0.05, 0) is 46.0 Å². The maximum atomic E-state index is 12.2. The summed E-state index contributed by atoms with van der Waals surface area (Å²) < 4.78 is 5.35. The summed E-state index contributed by atoms with van der Waals surface area (Å²) >= 11 is 0. The molecule has 1 saturated heterocycles. The predicted molar refractivity (Wildman–Crippen MR) is 67.2 cm³/mol. The Hall–Kier alpha value is -1.26. The van der Waals surface area contributed by atoms with Crippen LogP contribution in [0.1, 0.15) is 52.9 Å². The summed E-state index contributed by atoms with van der Waals surface area (Å²) in [7, 11) is 0. The van der Waals surface area contributed by atoms with Crippen LogP contribution in [0.3, 0.4) is 0 Å². The van der Waals surface area contributed by atoms with E-state index in [0.29, 0.717) is 6.42 Å². The van der Waals surface area contributed by atoms with Gasteiger partial charge >= 0.3 is 6.09 Å². The van der Waals surface area contributed by atoms with Crippen molar-refractivity contribution in [1.82, 2.24) is 4.90 Å². The van der Waals surface area contributed by atoms with Crippen molar-refractivity contribution in [3.8, 4) is 0 Å². The van der Waals surface area contributed by atoms with Gasteiger partial charge in [-0.25, -0.2) is 4.79 Å². The van der Waals surface area contributed by atoms with Crippen LogP contribution in [0, 0.1) is 5.92 Å². The largest absolute Gasteiger partial charge is 0.548 e. The normalized spacial score (nSPS) is 30.9. The third-order valence-corrected chi connectivity index (χ3v) is 3.96. The number of carboxylic acid groups (broad SMARTS) is 1. The lowest BCUT2D eigenvalue weighted by Gasteiger charge is -2.35. The number of carboxylic acids is 1. The van der Waals surface area contributed by atoms with Gasteiger partial charge in [0.2, 0.25) is 0 Å². The molecule has 0 spiro atoms. The van der Waals surface area contributed by atoms with E-state index < -0.39 is 23.7 Å². The molecule has 1 aliphatic carbocycles. The highest BCUT2D eigenvalue weighted by molar-refractivity contribution is 5.80. The monoisotopic (exact) mass is 268 g/mol. The number of amides is 1. The van der Waals surface area contributed by atoms with E-state index >= 15 is 0 Å². The van der Waals surface area contributed by atoms with E-state index in [-0.39, 0.29) is 12.0 Å². The van der Waals surface area contributed by atoms with Crippen molar-refractivity contribution in [2.24, 2.45) is 5.92 Å². The number of rotatable bonds is 1. The van der Waals surface area contributed by atoms with Gasteiger partial charge < -0.3 is 14.6 Å². The number of ether oxygens (including phenoxy) is 1. The highest BCUT2D eigenvalue weighted by Crippen LogP contribution is 2.40. The molecule has 2 aliphatic rings. The Labute approximate surface area is 113 Å². The number of likely N-dealkylation sites (tertiary alicyclic amines) is 1. The molecule has 2 fully saturated rings. The summed E-state index contributed by atoms with van der Waals surface area (Å²) in [5.41, 5.74) is -0.611. The van der Waals surface area contributed by atoms with Gasteiger partial charge in [-0.1, -0.05) is 12.8 Å². The molecule has 1 amide bonds. The van der Waals surface area contributed by atoms with Gasteiger partial charge in [0.25, 0.3) is 0 Å². The molecule has 19 heavy (non-hydrogen) atoms. The Balaban J connectivity index is 2.17. The molecule has 0 unspecified atom stereocenters. The SMILES string of the molecule is CC(C)(C)OC(=O)N1[C@@H](C(=O)[O-])C[C@H]2CCCC[C@H]21. The molecular formula is C14H22NO4-. The molecule has 0 N–H and O–H groups in total. The van der Waals surface area contributed by atoms with Crippen molar-refractivity contribution >= 4 is 12.1 Å². The first-order valence-corrected chi connectivity index (χ1v) is 7.02. The minimum absolute atomic E-state index is 0.00602. The number of hydrogen-bond acceptors (Lipinski definition) is 4. The van der Waals surface area contributed by atoms with Crippen molar-refractivity contribution in [1.29, 1.82) is 0 Å². The molecule has 3 atom stereocenters. The molecule has 0 aromatic rings. The average Bonchev–Trinajstić information content (AvgIpc) is 2.65. The summed E-state index contributed by atoms with van der Waals surface area (Å²) in [5, 5.41) is 11.3. The first-order chi connectivity index (χ1) is 8.79. The van der Waals surface area contributed by atoms with Crippen molar-refractivity contribution in [2.75, 3.05) is 0 Å². The maximum absolute atomic E-state index is 12.2. The van der Waals surface area contributed by atoms with Crippen molar-refractivity contribution in [3.05, 3.63) is 0 Å². The van der Waals surface area contributed by atoms with Crippen LogP contribution in [-0.4, -0.2) is 34.6 Å². The molecule has 5 heteroatoms. The molecule has 5 nitrogen and oxygen atoms in total. The second-order valence-electron chi connectivity index (χ2n) is 6.57. The minimum atomic E-state index is -1.17. The highest BCUT2D eigenvalue weighted by atomic mass is 16.6. The second-order valence-corrected chi connectivity index (χ2v) is 6.57. The van der Waals surface area contributed by atoms with Crippen molar-refractivity contribution in [3.63, 3.8) is 0 Å². The van der Waals surface area contributed by atoms with Crippen molar-refractivity contribution < 1.29 is 19.4 Å². The average molecular weight is 268 g/mol. The lowest BCUT2D eigenvalue weighted by atomic mass is 9.85. The quantitative estimate of drug-likeness (QED) is 0.719. The first kappa shape index (κ1) is 14.2. The van der Waals surface area contributed by atoms with Gasteiger partial charge in [0, 0.05) is 6.04 Å². The summed E-state index contributed by atoms with van der Waals surface area (Å²) in [6, 6.07) is -0.825. The van der Waals surface area contributed by atoms with Crippen LogP contribution in [0.4, 0.5) is 4.79 Å². The van der Waals surface area contributed by atoms with E-state index in [0.717, 1.165) is 25.7 Å². The fourth-order valence-corrected chi connectivity index (χ4v) is 3.25. The van der Waals surface area contributed by atoms with Gasteiger partial charge in [-0.3, -0.25) is 4.90 Å². The number of carbonyl (C=O) groups excluding carboxylic acids is 2. The maximum Gasteiger partial charge on any atom is 0.411 e. The Bertz CT molecular complexity index is 374. The smallest absolute Gasteiger partial charge is 0.411 e. The predicted octanol–water partition coefficient (Wildman–Crippen LogP) is 1.30. The Kier molecular flexibility index (Phi) is 3.74. The van der Waals surface area contributed by atoms with Crippen LogP contribution in [0.15, 0.2) is 0 Å². The first-order valence-electron chi connectivity index (χ1n) is 7.02. The number of fused-ring (bicyclic) bond motifs is 1. The van der Waals surface area contributed by atoms with Gasteiger partial charge in [0.05, 0.1) is 12.0 Å². The van der Waals surface area contributed by atoms with Crippen LogP contribution >= 0.6 is 0 Å². The van der Waals surface area contributed by atoms with Gasteiger partial charge in [-0.2, -0.15) is 0 Å². The number of hydrogen-bond donors (Lipinski definition) is 0. The molecule has 1 heterocycles. The highest BCUT2D eigenvalue weighted by Gasteiger charge is 2.46. The molecule has 0 bridgehead atoms. The van der Waals surface area contributed by atoms with Crippen LogP contribution < -0.4 is 5.11 Å². The Morgan fingerprint density at radius 2 is 1.84 bits per heavy atom. The zero-order chi connectivity index (χ0) is 14.2. The topological polar surface area (TPSA) is 69.7 Å². The number of aliphatic carboxylic acids is 1. The molecule has 0 radical (unpaired) electrons. The van der Waals surface area contributed by atoms with E-state index in [1.807, 2.05) is 0 Å². The molecule has 108 valence electrons. The van der Waals surface area contributed by atoms with Gasteiger partial charge in [0.1, 0.15) is 5.60 Å². The van der Waals surface area contributed by atoms with Gasteiger partial charge in [-0.15, -0.1) is 0 Å². The standard InChI is InChI=1S/C14H23NO4/c1-14(2,3)19-13(18)15-10-7-5-4-6-9(10)8-11(15)12(16)17/h9-11H,4-8H2,1-3H3,(H,16,17)/p-1/t9-,10-,11-/m1/s1. The lowest BCUT2D eigenvalue weighted by Crippen LogP contribution is -2.51. The summed E-state index contributed by atoms with van der Waals surface area (Å²) in [5.74, 6) is -0.885. The zero-order valence-corrected chi connectivity index (χ0v) is 11.8. The summed E-state index contributed by atoms with van der Waals surface area (Å²) in [4.78, 5) is 24.9. The van der Waals surface area contributed by atoms with Crippen molar-refractivity contribution in [2.45, 2.75) is 70.6 Å². The van der Waals surface area contributed by atoms with Crippen LogP contribution in [0.2, 0.25) is 0 Å². The molecule has 1 aliphatic heterocycles. The second kappa shape index (κ2) is 5.02. The van der Waals surface area contributed by atoms with Crippen LogP contribution in [0.25, 0.3) is 0 Å². The Morgan fingerprint density at radius 3 is 2.42 bits per heavy atom. The summed E-state index contributed by atoms with van der Waals surface area (Å²) in [6.45, 7) is 5.36. The fourth-order valence-electron chi connectivity index (χ4n) is 3.25. The molecular weight excluding hydrogens is 246 g/mol. The van der Waals surface area contributed by atoms with E-state index in [1.54, 1.807) is 20.8 Å².